The van der Waals surface area contributed by atoms with Crippen molar-refractivity contribution in [2.75, 3.05) is 10.8 Å². The summed E-state index contributed by atoms with van der Waals surface area (Å²) in [5.74, 6) is -1.95. The van der Waals surface area contributed by atoms with Crippen LogP contribution in [-0.2, 0) is 32.3 Å². The predicted octanol–water partition coefficient (Wildman–Crippen LogP) is 5.94. The van der Waals surface area contributed by atoms with Crippen LogP contribution in [-0.4, -0.2) is 43.8 Å². The number of carbonyl (C=O) groups is 2. The third-order valence-electron chi connectivity index (χ3n) is 6.30. The molecule has 42 heavy (non-hydrogen) atoms. The van der Waals surface area contributed by atoms with Crippen molar-refractivity contribution < 1.29 is 35.6 Å². The zero-order valence-electron chi connectivity index (χ0n) is 23.2. The number of halogens is 5. The van der Waals surface area contributed by atoms with Gasteiger partial charge in [-0.05, 0) is 75.7 Å². The lowest BCUT2D eigenvalue weighted by atomic mass is 10.1. The number of sulfonamides is 1. The van der Waals surface area contributed by atoms with E-state index in [1.165, 1.54) is 43.3 Å². The van der Waals surface area contributed by atoms with Crippen molar-refractivity contribution in [3.63, 3.8) is 0 Å². The number of hydrogen-bond acceptors (Lipinski definition) is 4. The number of nitrogens with zero attached hydrogens (tertiary/aromatic N) is 2. The molecule has 3 rings (SSSR count). The standard InChI is InChI=1S/C29H30ClF4N3O4S/c1-18(2)35-28(39)20(4)36(16-21-7-9-22(31)10-8-21)27(38)17-37(42(40,41)24-12-5-19(3)6-13-24)23-11-14-26(30)25(15-23)29(32,33)34/h5-15,18,20H,16-17H2,1-4H3,(H,35,39). The van der Waals surface area contributed by atoms with Gasteiger partial charge >= 0.3 is 6.18 Å². The van der Waals surface area contributed by atoms with Gasteiger partial charge in [-0.3, -0.25) is 13.9 Å². The Kier molecular flexibility index (Phi) is 10.3. The molecule has 226 valence electrons. The molecule has 0 spiro atoms. The molecule has 0 aromatic heterocycles. The van der Waals surface area contributed by atoms with Crippen LogP contribution in [0.25, 0.3) is 0 Å². The number of anilines is 1. The summed E-state index contributed by atoms with van der Waals surface area (Å²) in [4.78, 5) is 27.6. The average Bonchev–Trinajstić information content (AvgIpc) is 2.90. The summed E-state index contributed by atoms with van der Waals surface area (Å²) >= 11 is 5.78. The summed E-state index contributed by atoms with van der Waals surface area (Å²) in [5, 5.41) is 2.03. The van der Waals surface area contributed by atoms with Crippen molar-refractivity contribution in [3.05, 3.63) is 94.3 Å². The number of carbonyl (C=O) groups excluding carboxylic acids is 2. The van der Waals surface area contributed by atoms with Gasteiger partial charge in [0.1, 0.15) is 18.4 Å². The molecule has 0 heterocycles. The summed E-state index contributed by atoms with van der Waals surface area (Å²) in [7, 11) is -4.59. The number of benzene rings is 3. The van der Waals surface area contributed by atoms with E-state index in [1.54, 1.807) is 20.8 Å². The van der Waals surface area contributed by atoms with Crippen LogP contribution in [0.4, 0.5) is 23.2 Å². The minimum Gasteiger partial charge on any atom is -0.352 e. The van der Waals surface area contributed by atoms with E-state index in [-0.39, 0.29) is 17.5 Å². The lowest BCUT2D eigenvalue weighted by molar-refractivity contribution is -0.139. The van der Waals surface area contributed by atoms with E-state index >= 15 is 0 Å². The fourth-order valence-corrected chi connectivity index (χ4v) is 5.66. The summed E-state index contributed by atoms with van der Waals surface area (Å²) < 4.78 is 82.9. The van der Waals surface area contributed by atoms with Crippen LogP contribution < -0.4 is 9.62 Å². The monoisotopic (exact) mass is 627 g/mol. The highest BCUT2D eigenvalue weighted by molar-refractivity contribution is 7.92. The minimum atomic E-state index is -4.91. The molecule has 0 fully saturated rings. The number of alkyl halides is 3. The van der Waals surface area contributed by atoms with Gasteiger partial charge in [-0.1, -0.05) is 41.4 Å². The highest BCUT2D eigenvalue weighted by atomic mass is 35.5. The van der Waals surface area contributed by atoms with E-state index in [4.69, 9.17) is 11.6 Å². The van der Waals surface area contributed by atoms with Crippen molar-refractivity contribution in [2.24, 2.45) is 0 Å². The maximum Gasteiger partial charge on any atom is 0.417 e. The van der Waals surface area contributed by atoms with E-state index in [2.05, 4.69) is 5.32 Å². The van der Waals surface area contributed by atoms with Crippen molar-refractivity contribution >= 4 is 39.1 Å². The summed E-state index contributed by atoms with van der Waals surface area (Å²) in [6, 6.07) is 11.8. The Morgan fingerprint density at radius 3 is 2.10 bits per heavy atom. The van der Waals surface area contributed by atoms with Gasteiger partial charge in [0, 0.05) is 12.6 Å². The first-order chi connectivity index (χ1) is 19.5. The van der Waals surface area contributed by atoms with Crippen LogP contribution in [0.2, 0.25) is 5.02 Å². The second kappa shape index (κ2) is 13.1. The first-order valence-corrected chi connectivity index (χ1v) is 14.6. The largest absolute Gasteiger partial charge is 0.417 e. The second-order valence-electron chi connectivity index (χ2n) is 9.97. The Hall–Kier alpha value is -3.64. The Morgan fingerprint density at radius 1 is 0.952 bits per heavy atom. The summed E-state index contributed by atoms with van der Waals surface area (Å²) in [5.41, 5.74) is -0.571. The molecule has 0 bridgehead atoms. The number of amides is 2. The summed E-state index contributed by atoms with van der Waals surface area (Å²) in [6.45, 7) is 5.43. The third-order valence-corrected chi connectivity index (χ3v) is 8.41. The average molecular weight is 628 g/mol. The molecule has 0 saturated heterocycles. The van der Waals surface area contributed by atoms with Gasteiger partial charge in [0.05, 0.1) is 21.2 Å². The summed E-state index contributed by atoms with van der Waals surface area (Å²) in [6.07, 6.45) is -4.91. The number of nitrogens with one attached hydrogen (secondary N) is 1. The van der Waals surface area contributed by atoms with E-state index < -0.39 is 62.7 Å². The SMILES string of the molecule is Cc1ccc(S(=O)(=O)N(CC(=O)N(Cc2ccc(F)cc2)C(C)C(=O)NC(C)C)c2ccc(Cl)c(C(F)(F)F)c2)cc1. The fourth-order valence-electron chi connectivity index (χ4n) is 4.03. The van der Waals surface area contributed by atoms with E-state index in [0.717, 1.165) is 34.7 Å². The Bertz CT molecular complexity index is 1530. The Morgan fingerprint density at radius 2 is 1.55 bits per heavy atom. The van der Waals surface area contributed by atoms with Gasteiger partial charge < -0.3 is 10.2 Å². The van der Waals surface area contributed by atoms with Gasteiger partial charge in [-0.15, -0.1) is 0 Å². The highest BCUT2D eigenvalue weighted by Gasteiger charge is 2.37. The molecule has 0 saturated carbocycles. The van der Waals surface area contributed by atoms with Crippen LogP contribution in [0, 0.1) is 12.7 Å². The molecule has 2 amide bonds. The van der Waals surface area contributed by atoms with E-state index in [9.17, 15) is 35.6 Å². The zero-order valence-corrected chi connectivity index (χ0v) is 24.8. The molecule has 1 N–H and O–H groups in total. The van der Waals surface area contributed by atoms with Crippen LogP contribution in [0.5, 0.6) is 0 Å². The molecule has 1 unspecified atom stereocenters. The fraction of sp³-hybridized carbons (Fsp3) is 0.310. The molecule has 3 aromatic rings. The molecular formula is C29H30ClF4N3O4S. The Labute approximate surface area is 247 Å². The Balaban J connectivity index is 2.12. The van der Waals surface area contributed by atoms with Crippen molar-refractivity contribution in [2.45, 2.75) is 57.4 Å². The van der Waals surface area contributed by atoms with Crippen molar-refractivity contribution in [3.8, 4) is 0 Å². The smallest absolute Gasteiger partial charge is 0.352 e. The molecular weight excluding hydrogens is 598 g/mol. The van der Waals surface area contributed by atoms with Gasteiger partial charge in [0.2, 0.25) is 11.8 Å². The molecule has 1 atom stereocenters. The number of hydrogen-bond donors (Lipinski definition) is 1. The van der Waals surface area contributed by atoms with Crippen LogP contribution >= 0.6 is 11.6 Å². The highest BCUT2D eigenvalue weighted by Crippen LogP contribution is 2.38. The first kappa shape index (κ1) is 32.9. The molecule has 0 radical (unpaired) electrons. The van der Waals surface area contributed by atoms with Gasteiger partial charge in [0.15, 0.2) is 0 Å². The van der Waals surface area contributed by atoms with Crippen molar-refractivity contribution in [1.29, 1.82) is 0 Å². The molecule has 0 aliphatic heterocycles. The number of aryl methyl sites for hydroxylation is 1. The van der Waals surface area contributed by atoms with Gasteiger partial charge in [-0.25, -0.2) is 12.8 Å². The van der Waals surface area contributed by atoms with Crippen LogP contribution in [0.3, 0.4) is 0 Å². The molecule has 3 aromatic carbocycles. The van der Waals surface area contributed by atoms with E-state index in [0.29, 0.717) is 15.9 Å². The molecule has 7 nitrogen and oxygen atoms in total. The topological polar surface area (TPSA) is 86.8 Å². The lowest BCUT2D eigenvalue weighted by Crippen LogP contribution is -2.52. The second-order valence-corrected chi connectivity index (χ2v) is 12.2. The van der Waals surface area contributed by atoms with Gasteiger partial charge in [-0.2, -0.15) is 13.2 Å². The van der Waals surface area contributed by atoms with Crippen molar-refractivity contribution in [1.82, 2.24) is 10.2 Å². The zero-order chi connectivity index (χ0) is 31.4. The first-order valence-electron chi connectivity index (χ1n) is 12.8. The van der Waals surface area contributed by atoms with Crippen LogP contribution in [0.15, 0.2) is 71.6 Å². The van der Waals surface area contributed by atoms with E-state index in [1.807, 2.05) is 0 Å². The third kappa shape index (κ3) is 8.01. The molecule has 0 aliphatic rings. The maximum atomic E-state index is 13.8. The van der Waals surface area contributed by atoms with Gasteiger partial charge in [0.25, 0.3) is 10.0 Å². The molecule has 13 heteroatoms. The maximum absolute atomic E-state index is 13.8. The normalized spacial score (nSPS) is 12.6. The predicted molar refractivity (Wildman–Crippen MR) is 152 cm³/mol. The number of rotatable bonds is 10. The lowest BCUT2D eigenvalue weighted by Gasteiger charge is -2.32. The van der Waals surface area contributed by atoms with Crippen LogP contribution in [0.1, 0.15) is 37.5 Å². The quantitative estimate of drug-likeness (QED) is 0.282. The minimum absolute atomic E-state index is 0.210. The molecule has 0 aliphatic carbocycles.